The van der Waals surface area contributed by atoms with Crippen molar-refractivity contribution in [3.05, 3.63) is 82.5 Å². The molecule has 0 saturated heterocycles. The van der Waals surface area contributed by atoms with Crippen LogP contribution >= 0.6 is 0 Å². The van der Waals surface area contributed by atoms with Gasteiger partial charge in [0.05, 0.1) is 0 Å². The van der Waals surface area contributed by atoms with Gasteiger partial charge in [0.1, 0.15) is 11.5 Å². The van der Waals surface area contributed by atoms with Gasteiger partial charge in [0.2, 0.25) is 0 Å². The maximum atomic E-state index is 10.4. The molecule has 29 heavy (non-hydrogen) atoms. The first-order chi connectivity index (χ1) is 14.0. The Balaban J connectivity index is 1.81. The molecule has 2 N–H and O–H groups in total. The van der Waals surface area contributed by atoms with Gasteiger partial charge in [-0.3, -0.25) is 0 Å². The van der Waals surface area contributed by atoms with Gasteiger partial charge in [-0.2, -0.15) is 0 Å². The van der Waals surface area contributed by atoms with Crippen LogP contribution in [0.1, 0.15) is 69.6 Å². The van der Waals surface area contributed by atoms with Crippen LogP contribution in [0, 0.1) is 0 Å². The molecule has 2 nitrogen and oxygen atoms in total. The predicted octanol–water partition coefficient (Wildman–Crippen LogP) is 7.29. The fraction of sp³-hybridized carbons (Fsp3) is 0.407. The summed E-state index contributed by atoms with van der Waals surface area (Å²) in [4.78, 5) is 0. The molecule has 0 saturated carbocycles. The molecule has 0 radical (unpaired) electrons. The number of rotatable bonds is 11. The molecule has 0 atom stereocenters. The standard InChI is InChI=1S/C27H36O2/c1-21(2)11-10-12-22(3)17-18-25-26(28)19-24(20-27(25)29)16-9-5-8-15-23-13-6-4-7-14-23/h4,6-7,11,13-14,17,19-20,28-29H,5,8-10,12,15-16,18H2,1-3H3/b22-17+. The fourth-order valence-corrected chi connectivity index (χ4v) is 3.50. The normalized spacial score (nSPS) is 11.5. The number of benzene rings is 2. The summed E-state index contributed by atoms with van der Waals surface area (Å²) in [6, 6.07) is 14.2. The van der Waals surface area contributed by atoms with Gasteiger partial charge in [0.15, 0.2) is 0 Å². The monoisotopic (exact) mass is 392 g/mol. The maximum Gasteiger partial charge on any atom is 0.123 e. The zero-order chi connectivity index (χ0) is 21.1. The Morgan fingerprint density at radius 3 is 2.03 bits per heavy atom. The lowest BCUT2D eigenvalue weighted by Crippen LogP contribution is -1.92. The highest BCUT2D eigenvalue weighted by molar-refractivity contribution is 5.47. The quantitative estimate of drug-likeness (QED) is 0.311. The first kappa shape index (κ1) is 22.8. The van der Waals surface area contributed by atoms with E-state index in [1.807, 2.05) is 18.2 Å². The van der Waals surface area contributed by atoms with Crippen molar-refractivity contribution in [2.45, 2.75) is 72.1 Å². The summed E-state index contributed by atoms with van der Waals surface area (Å²) < 4.78 is 0. The Labute approximate surface area is 176 Å². The van der Waals surface area contributed by atoms with Gasteiger partial charge in [-0.25, -0.2) is 0 Å². The zero-order valence-electron chi connectivity index (χ0n) is 18.2. The molecule has 0 unspecified atom stereocenters. The van der Waals surface area contributed by atoms with Crippen molar-refractivity contribution in [2.24, 2.45) is 0 Å². The second-order valence-electron chi connectivity index (χ2n) is 8.23. The molecule has 0 aliphatic carbocycles. The van der Waals surface area contributed by atoms with Crippen molar-refractivity contribution in [3.63, 3.8) is 0 Å². The molecule has 2 heteroatoms. The lowest BCUT2D eigenvalue weighted by molar-refractivity contribution is 0.439. The Bertz CT molecular complexity index is 789. The number of hydrogen-bond acceptors (Lipinski definition) is 2. The summed E-state index contributed by atoms with van der Waals surface area (Å²) in [6.45, 7) is 6.33. The van der Waals surface area contributed by atoms with Gasteiger partial charge >= 0.3 is 0 Å². The zero-order valence-corrected chi connectivity index (χ0v) is 18.2. The highest BCUT2D eigenvalue weighted by Gasteiger charge is 2.09. The minimum Gasteiger partial charge on any atom is -0.508 e. The van der Waals surface area contributed by atoms with Crippen molar-refractivity contribution in [2.75, 3.05) is 0 Å². The summed E-state index contributed by atoms with van der Waals surface area (Å²) >= 11 is 0. The fourth-order valence-electron chi connectivity index (χ4n) is 3.50. The second-order valence-corrected chi connectivity index (χ2v) is 8.23. The van der Waals surface area contributed by atoms with Crippen LogP contribution in [0.4, 0.5) is 0 Å². The molecule has 0 heterocycles. The van der Waals surface area contributed by atoms with E-state index in [0.717, 1.165) is 50.5 Å². The number of unbranched alkanes of at least 4 members (excludes halogenated alkanes) is 2. The topological polar surface area (TPSA) is 40.5 Å². The van der Waals surface area contributed by atoms with Gasteiger partial charge in [0.25, 0.3) is 0 Å². The third-order valence-electron chi connectivity index (χ3n) is 5.28. The minimum atomic E-state index is 0.206. The van der Waals surface area contributed by atoms with Crippen LogP contribution in [0.5, 0.6) is 11.5 Å². The van der Waals surface area contributed by atoms with E-state index in [4.69, 9.17) is 0 Å². The summed E-state index contributed by atoms with van der Waals surface area (Å²) in [5.41, 5.74) is 5.64. The summed E-state index contributed by atoms with van der Waals surface area (Å²) in [5.74, 6) is 0.412. The van der Waals surface area contributed by atoms with Crippen molar-refractivity contribution >= 4 is 0 Å². The average Bonchev–Trinajstić information content (AvgIpc) is 2.67. The van der Waals surface area contributed by atoms with Crippen LogP contribution in [0.2, 0.25) is 0 Å². The third-order valence-corrected chi connectivity index (χ3v) is 5.28. The number of phenolic OH excluding ortho intramolecular Hbond substituents is 2. The highest BCUT2D eigenvalue weighted by Crippen LogP contribution is 2.30. The third kappa shape index (κ3) is 8.60. The molecule has 2 aromatic rings. The molecule has 156 valence electrons. The molecular formula is C27H36O2. The predicted molar refractivity (Wildman–Crippen MR) is 124 cm³/mol. The first-order valence-electron chi connectivity index (χ1n) is 10.8. The van der Waals surface area contributed by atoms with Crippen LogP contribution in [0.25, 0.3) is 0 Å². The lowest BCUT2D eigenvalue weighted by atomic mass is 9.99. The maximum absolute atomic E-state index is 10.4. The summed E-state index contributed by atoms with van der Waals surface area (Å²) in [7, 11) is 0. The van der Waals surface area contributed by atoms with E-state index in [-0.39, 0.29) is 11.5 Å². The van der Waals surface area contributed by atoms with Crippen LogP contribution in [-0.4, -0.2) is 10.2 Å². The number of aryl methyl sites for hydroxylation is 2. The molecule has 0 spiro atoms. The molecule has 0 aliphatic heterocycles. The number of allylic oxidation sites excluding steroid dienone is 4. The number of phenols is 2. The molecule has 0 bridgehead atoms. The first-order valence-corrected chi connectivity index (χ1v) is 10.8. The van der Waals surface area contributed by atoms with E-state index in [0.29, 0.717) is 12.0 Å². The Hall–Kier alpha value is -2.48. The summed E-state index contributed by atoms with van der Waals surface area (Å²) in [5, 5.41) is 20.8. The molecular weight excluding hydrogens is 356 g/mol. The molecule has 2 aromatic carbocycles. The van der Waals surface area contributed by atoms with Crippen LogP contribution in [0.3, 0.4) is 0 Å². The van der Waals surface area contributed by atoms with E-state index in [9.17, 15) is 10.2 Å². The van der Waals surface area contributed by atoms with Gasteiger partial charge in [-0.1, -0.05) is 60.1 Å². The molecule has 0 aromatic heterocycles. The minimum absolute atomic E-state index is 0.206. The largest absolute Gasteiger partial charge is 0.508 e. The molecule has 0 amide bonds. The van der Waals surface area contributed by atoms with Crippen molar-refractivity contribution in [1.29, 1.82) is 0 Å². The Morgan fingerprint density at radius 2 is 1.41 bits per heavy atom. The van der Waals surface area contributed by atoms with Crippen LogP contribution < -0.4 is 0 Å². The Kier molecular flexibility index (Phi) is 9.56. The summed E-state index contributed by atoms with van der Waals surface area (Å²) in [6.07, 6.45) is 12.3. The molecule has 2 rings (SSSR count). The SMILES string of the molecule is CC(C)=CCC/C(C)=C/Cc1c(O)cc(CCCCCc2ccccc2)cc1O. The van der Waals surface area contributed by atoms with Crippen LogP contribution in [-0.2, 0) is 19.3 Å². The van der Waals surface area contributed by atoms with Crippen LogP contribution in [0.15, 0.2) is 65.8 Å². The van der Waals surface area contributed by atoms with E-state index in [1.54, 1.807) is 0 Å². The van der Waals surface area contributed by atoms with Gasteiger partial charge < -0.3 is 10.2 Å². The van der Waals surface area contributed by atoms with E-state index in [2.05, 4.69) is 57.2 Å². The highest BCUT2D eigenvalue weighted by atomic mass is 16.3. The molecule has 0 aliphatic rings. The molecule has 0 fully saturated rings. The van der Waals surface area contributed by atoms with E-state index >= 15 is 0 Å². The van der Waals surface area contributed by atoms with Gasteiger partial charge in [0, 0.05) is 5.56 Å². The smallest absolute Gasteiger partial charge is 0.123 e. The van der Waals surface area contributed by atoms with Crippen molar-refractivity contribution < 1.29 is 10.2 Å². The van der Waals surface area contributed by atoms with E-state index in [1.165, 1.54) is 16.7 Å². The number of aromatic hydroxyl groups is 2. The van der Waals surface area contributed by atoms with Crippen molar-refractivity contribution in [3.8, 4) is 11.5 Å². The Morgan fingerprint density at radius 1 is 0.793 bits per heavy atom. The van der Waals surface area contributed by atoms with Gasteiger partial charge in [-0.05, 0) is 89.0 Å². The number of hydrogen-bond donors (Lipinski definition) is 2. The van der Waals surface area contributed by atoms with Crippen molar-refractivity contribution in [1.82, 2.24) is 0 Å². The second kappa shape index (κ2) is 12.2. The lowest BCUT2D eigenvalue weighted by Gasteiger charge is -2.10. The average molecular weight is 393 g/mol. The van der Waals surface area contributed by atoms with E-state index < -0.39 is 0 Å². The van der Waals surface area contributed by atoms with Gasteiger partial charge in [-0.15, -0.1) is 0 Å².